The monoisotopic (exact) mass is 328 g/mol. The number of halogens is 1. The van der Waals surface area contributed by atoms with Gasteiger partial charge in [0.15, 0.2) is 0 Å². The smallest absolute Gasteiger partial charge is 0.144 e. The van der Waals surface area contributed by atoms with Crippen molar-refractivity contribution in [2.45, 2.75) is 19.4 Å². The summed E-state index contributed by atoms with van der Waals surface area (Å²) in [5.74, 6) is 0.542. The number of rotatable bonds is 6. The summed E-state index contributed by atoms with van der Waals surface area (Å²) in [6, 6.07) is 17.0. The molecule has 0 bridgehead atoms. The molecule has 0 aliphatic rings. The van der Waals surface area contributed by atoms with Crippen LogP contribution in [-0.2, 0) is 18.1 Å². The maximum absolute atomic E-state index is 10.5. The second-order valence-electron chi connectivity index (χ2n) is 5.17. The number of benzene rings is 2. The van der Waals surface area contributed by atoms with Gasteiger partial charge in [-0.25, -0.2) is 4.98 Å². The molecule has 0 saturated carbocycles. The van der Waals surface area contributed by atoms with E-state index in [1.165, 1.54) is 0 Å². The van der Waals surface area contributed by atoms with E-state index >= 15 is 0 Å². The zero-order chi connectivity index (χ0) is 16.1. The van der Waals surface area contributed by atoms with E-state index in [0.29, 0.717) is 24.2 Å². The van der Waals surface area contributed by atoms with Crippen LogP contribution in [0.15, 0.2) is 67.0 Å². The van der Waals surface area contributed by atoms with Crippen LogP contribution in [0, 0.1) is 0 Å². The van der Waals surface area contributed by atoms with Crippen molar-refractivity contribution in [1.82, 2.24) is 9.55 Å². The largest absolute Gasteiger partial charge is 0.380 e. The third-order valence-corrected chi connectivity index (χ3v) is 3.77. The Bertz CT molecular complexity index is 741. The fraction of sp³-hybridized carbons (Fsp3) is 0.167. The van der Waals surface area contributed by atoms with Gasteiger partial charge in [0.25, 0.3) is 0 Å². The number of aromatic nitrogens is 2. The van der Waals surface area contributed by atoms with E-state index in [-0.39, 0.29) is 0 Å². The topological polar surface area (TPSA) is 47.3 Å². The highest BCUT2D eigenvalue weighted by molar-refractivity contribution is 6.30. The number of aliphatic hydroxyl groups excluding tert-OH is 1. The average molecular weight is 329 g/mol. The number of nitrogens with zero attached hydrogens (tertiary/aromatic N) is 2. The minimum absolute atomic E-state index is 0.328. The van der Waals surface area contributed by atoms with Crippen LogP contribution in [-0.4, -0.2) is 14.7 Å². The lowest BCUT2D eigenvalue weighted by atomic mass is 10.1. The highest BCUT2D eigenvalue weighted by Gasteiger charge is 2.16. The zero-order valence-electron chi connectivity index (χ0n) is 12.5. The average Bonchev–Trinajstić information content (AvgIpc) is 3.04. The lowest BCUT2D eigenvalue weighted by Crippen LogP contribution is -2.11. The Balaban J connectivity index is 1.66. The van der Waals surface area contributed by atoms with E-state index in [9.17, 15) is 5.11 Å². The first-order valence-corrected chi connectivity index (χ1v) is 7.68. The van der Waals surface area contributed by atoms with E-state index in [4.69, 9.17) is 16.3 Å². The SMILES string of the molecule is OC(c1ccc(Cl)cc1)c1nccn1COCc1ccccc1. The van der Waals surface area contributed by atoms with E-state index in [1.807, 2.05) is 30.3 Å². The summed E-state index contributed by atoms with van der Waals surface area (Å²) in [4.78, 5) is 4.24. The number of hydrogen-bond acceptors (Lipinski definition) is 3. The Hall–Kier alpha value is -2.14. The first kappa shape index (κ1) is 15.7. The Morgan fingerprint density at radius 2 is 1.83 bits per heavy atom. The summed E-state index contributed by atoms with van der Waals surface area (Å²) >= 11 is 5.88. The molecule has 118 valence electrons. The molecular formula is C18H17ClN2O2. The quantitative estimate of drug-likeness (QED) is 0.749. The Kier molecular flexibility index (Phi) is 5.08. The van der Waals surface area contributed by atoms with Crippen LogP contribution in [0.25, 0.3) is 0 Å². The van der Waals surface area contributed by atoms with E-state index in [0.717, 1.165) is 11.1 Å². The Labute approximate surface area is 139 Å². The molecule has 0 aliphatic heterocycles. The summed E-state index contributed by atoms with van der Waals surface area (Å²) in [6.45, 7) is 0.838. The molecule has 0 amide bonds. The first-order chi connectivity index (χ1) is 11.2. The Morgan fingerprint density at radius 1 is 1.09 bits per heavy atom. The standard InChI is InChI=1S/C18H17ClN2O2/c19-16-8-6-15(7-9-16)17(22)18-20-10-11-21(18)13-23-12-14-4-2-1-3-5-14/h1-11,17,22H,12-13H2. The van der Waals surface area contributed by atoms with Crippen LogP contribution in [0.5, 0.6) is 0 Å². The molecule has 2 aromatic carbocycles. The van der Waals surface area contributed by atoms with Gasteiger partial charge < -0.3 is 14.4 Å². The summed E-state index contributed by atoms with van der Waals surface area (Å²) in [5, 5.41) is 11.1. The van der Waals surface area contributed by atoms with Crippen molar-refractivity contribution < 1.29 is 9.84 Å². The summed E-state index contributed by atoms with van der Waals surface area (Å²) in [5.41, 5.74) is 1.84. The molecule has 23 heavy (non-hydrogen) atoms. The summed E-state index contributed by atoms with van der Waals surface area (Å²) in [7, 11) is 0. The number of ether oxygens (including phenoxy) is 1. The molecule has 3 aromatic rings. The molecule has 1 aromatic heterocycles. The van der Waals surface area contributed by atoms with Gasteiger partial charge in [-0.2, -0.15) is 0 Å². The number of aliphatic hydroxyl groups is 1. The van der Waals surface area contributed by atoms with Crippen molar-refractivity contribution in [3.8, 4) is 0 Å². The van der Waals surface area contributed by atoms with Crippen molar-refractivity contribution in [2.75, 3.05) is 0 Å². The van der Waals surface area contributed by atoms with Gasteiger partial charge in [0.2, 0.25) is 0 Å². The van der Waals surface area contributed by atoms with Crippen LogP contribution in [0.1, 0.15) is 23.1 Å². The molecule has 5 heteroatoms. The van der Waals surface area contributed by atoms with Gasteiger partial charge in [-0.1, -0.05) is 54.1 Å². The van der Waals surface area contributed by atoms with Crippen molar-refractivity contribution in [3.63, 3.8) is 0 Å². The normalized spacial score (nSPS) is 12.3. The molecule has 0 spiro atoms. The van der Waals surface area contributed by atoms with Gasteiger partial charge >= 0.3 is 0 Å². The number of hydrogen-bond donors (Lipinski definition) is 1. The highest BCUT2D eigenvalue weighted by atomic mass is 35.5. The van der Waals surface area contributed by atoms with Crippen molar-refractivity contribution >= 4 is 11.6 Å². The molecule has 1 heterocycles. The fourth-order valence-corrected chi connectivity index (χ4v) is 2.43. The minimum Gasteiger partial charge on any atom is -0.380 e. The lowest BCUT2D eigenvalue weighted by Gasteiger charge is -2.14. The van der Waals surface area contributed by atoms with Gasteiger partial charge in [0.05, 0.1) is 6.61 Å². The predicted molar refractivity (Wildman–Crippen MR) is 89.0 cm³/mol. The minimum atomic E-state index is -0.817. The van der Waals surface area contributed by atoms with Gasteiger partial charge in [-0.3, -0.25) is 0 Å². The van der Waals surface area contributed by atoms with Crippen molar-refractivity contribution in [3.05, 3.63) is 89.0 Å². The maximum Gasteiger partial charge on any atom is 0.144 e. The lowest BCUT2D eigenvalue weighted by molar-refractivity contribution is 0.0572. The third-order valence-electron chi connectivity index (χ3n) is 3.52. The molecule has 1 N–H and O–H groups in total. The van der Waals surface area contributed by atoms with Crippen molar-refractivity contribution in [2.24, 2.45) is 0 Å². The van der Waals surface area contributed by atoms with E-state index < -0.39 is 6.10 Å². The van der Waals surface area contributed by atoms with Gasteiger partial charge in [0, 0.05) is 17.4 Å². The van der Waals surface area contributed by atoms with Crippen LogP contribution in [0.3, 0.4) is 0 Å². The summed E-state index contributed by atoms with van der Waals surface area (Å²) in [6.07, 6.45) is 2.63. The van der Waals surface area contributed by atoms with E-state index in [2.05, 4.69) is 4.98 Å². The summed E-state index contributed by atoms with van der Waals surface area (Å²) < 4.78 is 7.49. The molecule has 1 atom stereocenters. The molecule has 4 nitrogen and oxygen atoms in total. The second-order valence-corrected chi connectivity index (χ2v) is 5.61. The van der Waals surface area contributed by atoms with Crippen LogP contribution < -0.4 is 0 Å². The van der Waals surface area contributed by atoms with Gasteiger partial charge in [-0.15, -0.1) is 0 Å². The van der Waals surface area contributed by atoms with Crippen molar-refractivity contribution in [1.29, 1.82) is 0 Å². The van der Waals surface area contributed by atoms with Crippen LogP contribution >= 0.6 is 11.6 Å². The molecule has 1 unspecified atom stereocenters. The van der Waals surface area contributed by atoms with Crippen LogP contribution in [0.4, 0.5) is 0 Å². The molecule has 3 rings (SSSR count). The molecular weight excluding hydrogens is 312 g/mol. The number of imidazole rings is 1. The van der Waals surface area contributed by atoms with E-state index in [1.54, 1.807) is 41.2 Å². The van der Waals surface area contributed by atoms with Gasteiger partial charge in [0.1, 0.15) is 18.7 Å². The second kappa shape index (κ2) is 7.42. The molecule has 0 saturated heterocycles. The highest BCUT2D eigenvalue weighted by Crippen LogP contribution is 2.22. The maximum atomic E-state index is 10.5. The third kappa shape index (κ3) is 3.99. The zero-order valence-corrected chi connectivity index (χ0v) is 13.2. The predicted octanol–water partition coefficient (Wildman–Crippen LogP) is 3.79. The molecule has 0 aliphatic carbocycles. The van der Waals surface area contributed by atoms with Gasteiger partial charge in [-0.05, 0) is 23.3 Å². The Morgan fingerprint density at radius 3 is 2.57 bits per heavy atom. The molecule has 0 fully saturated rings. The first-order valence-electron chi connectivity index (χ1n) is 7.30. The van der Waals surface area contributed by atoms with Crippen LogP contribution in [0.2, 0.25) is 5.02 Å². The fourth-order valence-electron chi connectivity index (χ4n) is 2.31. The molecule has 0 radical (unpaired) electrons.